The van der Waals surface area contributed by atoms with Gasteiger partial charge < -0.3 is 20.3 Å². The molecule has 1 aliphatic heterocycles. The third kappa shape index (κ3) is 3.24. The van der Waals surface area contributed by atoms with Crippen molar-refractivity contribution in [2.45, 2.75) is 12.5 Å². The van der Waals surface area contributed by atoms with Crippen LogP contribution in [0.25, 0.3) is 10.9 Å². The molecule has 1 aliphatic rings. The van der Waals surface area contributed by atoms with E-state index < -0.39 is 11.9 Å². The smallest absolute Gasteiger partial charge is 0.268 e. The number of aliphatic hydroxyl groups is 1. The standard InChI is InChI=1S/C18H16ClN5O3/c19-16-7-10-6-12(22-14(10)9-21-16)17(26)23-13-8-11-15(2-1-3-20-11)24(4-5-25)18(13)27/h1-3,6-7,9,13,22,25H,4-5,8H2,(H,23,26). The van der Waals surface area contributed by atoms with Crippen LogP contribution in [0.4, 0.5) is 5.69 Å². The van der Waals surface area contributed by atoms with Crippen molar-refractivity contribution in [2.75, 3.05) is 18.1 Å². The molecule has 0 aromatic carbocycles. The fourth-order valence-electron chi connectivity index (χ4n) is 3.23. The van der Waals surface area contributed by atoms with Crippen LogP contribution < -0.4 is 10.2 Å². The maximum absolute atomic E-state index is 12.8. The van der Waals surface area contributed by atoms with Gasteiger partial charge in [0, 0.05) is 24.5 Å². The Hall–Kier alpha value is -2.97. The van der Waals surface area contributed by atoms with Gasteiger partial charge in [-0.05, 0) is 24.3 Å². The number of nitrogens with one attached hydrogen (secondary N) is 2. The molecule has 3 aromatic heterocycles. The predicted molar refractivity (Wildman–Crippen MR) is 99.7 cm³/mol. The first-order chi connectivity index (χ1) is 13.1. The molecule has 27 heavy (non-hydrogen) atoms. The lowest BCUT2D eigenvalue weighted by atomic mass is 10.0. The fourth-order valence-corrected chi connectivity index (χ4v) is 3.39. The van der Waals surface area contributed by atoms with E-state index in [0.717, 1.165) is 5.39 Å². The van der Waals surface area contributed by atoms with Crippen LogP contribution in [-0.2, 0) is 11.2 Å². The third-order valence-electron chi connectivity index (χ3n) is 4.46. The molecule has 9 heteroatoms. The van der Waals surface area contributed by atoms with Crippen LogP contribution in [0, 0.1) is 0 Å². The van der Waals surface area contributed by atoms with Crippen LogP contribution >= 0.6 is 11.6 Å². The Kier molecular flexibility index (Phi) is 4.51. The molecule has 138 valence electrons. The van der Waals surface area contributed by atoms with Gasteiger partial charge >= 0.3 is 0 Å². The minimum absolute atomic E-state index is 0.139. The highest BCUT2D eigenvalue weighted by Gasteiger charge is 2.34. The van der Waals surface area contributed by atoms with Crippen molar-refractivity contribution in [3.05, 3.63) is 53.2 Å². The van der Waals surface area contributed by atoms with E-state index in [4.69, 9.17) is 11.6 Å². The van der Waals surface area contributed by atoms with Crippen molar-refractivity contribution >= 4 is 40.0 Å². The Bertz CT molecular complexity index is 1030. The highest BCUT2D eigenvalue weighted by Crippen LogP contribution is 2.26. The minimum atomic E-state index is -0.764. The Morgan fingerprint density at radius 2 is 2.26 bits per heavy atom. The number of fused-ring (bicyclic) bond motifs is 2. The Morgan fingerprint density at radius 3 is 3.07 bits per heavy atom. The number of carbonyl (C=O) groups excluding carboxylic acids is 2. The van der Waals surface area contributed by atoms with Gasteiger partial charge in [0.2, 0.25) is 5.91 Å². The van der Waals surface area contributed by atoms with Crippen LogP contribution in [0.3, 0.4) is 0 Å². The second-order valence-corrected chi connectivity index (χ2v) is 6.58. The quantitative estimate of drug-likeness (QED) is 0.586. The number of aromatic amines is 1. The van der Waals surface area contributed by atoms with Crippen molar-refractivity contribution in [1.29, 1.82) is 0 Å². The molecule has 8 nitrogen and oxygen atoms in total. The number of H-pyrrole nitrogens is 1. The van der Waals surface area contributed by atoms with Gasteiger partial charge in [-0.3, -0.25) is 14.6 Å². The second-order valence-electron chi connectivity index (χ2n) is 6.19. The number of hydrogen-bond acceptors (Lipinski definition) is 5. The second kappa shape index (κ2) is 6.98. The van der Waals surface area contributed by atoms with Gasteiger partial charge in [-0.15, -0.1) is 0 Å². The fraction of sp³-hybridized carbons (Fsp3) is 0.222. The summed E-state index contributed by atoms with van der Waals surface area (Å²) in [6, 6.07) is 6.06. The highest BCUT2D eigenvalue weighted by atomic mass is 35.5. The van der Waals surface area contributed by atoms with Gasteiger partial charge in [0.25, 0.3) is 5.91 Å². The molecule has 0 spiro atoms. The van der Waals surface area contributed by atoms with E-state index in [2.05, 4.69) is 20.3 Å². The van der Waals surface area contributed by atoms with Crippen molar-refractivity contribution in [3.8, 4) is 0 Å². The molecule has 2 amide bonds. The molecule has 1 unspecified atom stereocenters. The van der Waals surface area contributed by atoms with E-state index in [0.29, 0.717) is 27.7 Å². The van der Waals surface area contributed by atoms with E-state index in [1.165, 1.54) is 4.90 Å². The molecule has 4 rings (SSSR count). The van der Waals surface area contributed by atoms with Crippen LogP contribution in [0.1, 0.15) is 16.2 Å². The Morgan fingerprint density at radius 1 is 1.41 bits per heavy atom. The van der Waals surface area contributed by atoms with Gasteiger partial charge in [0.15, 0.2) is 0 Å². The highest BCUT2D eigenvalue weighted by molar-refractivity contribution is 6.30. The molecule has 4 heterocycles. The molecule has 3 N–H and O–H groups in total. The molecule has 0 radical (unpaired) electrons. The summed E-state index contributed by atoms with van der Waals surface area (Å²) in [7, 11) is 0. The Balaban J connectivity index is 1.59. The van der Waals surface area contributed by atoms with E-state index >= 15 is 0 Å². The number of carbonyl (C=O) groups is 2. The van der Waals surface area contributed by atoms with Crippen LogP contribution in [0.5, 0.6) is 0 Å². The van der Waals surface area contributed by atoms with Crippen LogP contribution in [-0.4, -0.2) is 51.1 Å². The van der Waals surface area contributed by atoms with Gasteiger partial charge in [0.05, 0.1) is 29.7 Å². The number of hydrogen-bond donors (Lipinski definition) is 3. The average molecular weight is 386 g/mol. The van der Waals surface area contributed by atoms with Crippen molar-refractivity contribution in [3.63, 3.8) is 0 Å². The maximum atomic E-state index is 12.8. The van der Waals surface area contributed by atoms with E-state index in [9.17, 15) is 14.7 Å². The number of aromatic nitrogens is 3. The lowest BCUT2D eigenvalue weighted by molar-refractivity contribution is -0.121. The van der Waals surface area contributed by atoms with Gasteiger partial charge in [0.1, 0.15) is 16.9 Å². The van der Waals surface area contributed by atoms with Crippen LogP contribution in [0.15, 0.2) is 36.7 Å². The topological polar surface area (TPSA) is 111 Å². The zero-order chi connectivity index (χ0) is 19.0. The molecule has 3 aromatic rings. The van der Waals surface area contributed by atoms with Crippen LogP contribution in [0.2, 0.25) is 5.15 Å². The molecular formula is C18H16ClN5O3. The lowest BCUT2D eigenvalue weighted by Gasteiger charge is -2.33. The van der Waals surface area contributed by atoms with Gasteiger partial charge in [-0.2, -0.15) is 0 Å². The zero-order valence-electron chi connectivity index (χ0n) is 14.1. The number of rotatable bonds is 4. The first-order valence-electron chi connectivity index (χ1n) is 8.38. The van der Waals surface area contributed by atoms with Crippen molar-refractivity contribution in [2.24, 2.45) is 0 Å². The Labute approximate surface area is 159 Å². The first kappa shape index (κ1) is 17.4. The molecule has 0 aliphatic carbocycles. The summed E-state index contributed by atoms with van der Waals surface area (Å²) >= 11 is 5.87. The predicted octanol–water partition coefficient (Wildman–Crippen LogP) is 1.29. The van der Waals surface area contributed by atoms with E-state index in [1.54, 1.807) is 36.7 Å². The van der Waals surface area contributed by atoms with E-state index in [-0.39, 0.29) is 25.5 Å². The summed E-state index contributed by atoms with van der Waals surface area (Å²) in [6.07, 6.45) is 3.47. The molecular weight excluding hydrogens is 370 g/mol. The summed E-state index contributed by atoms with van der Waals surface area (Å²) < 4.78 is 0. The summed E-state index contributed by atoms with van der Waals surface area (Å²) in [4.78, 5) is 38.1. The van der Waals surface area contributed by atoms with Crippen molar-refractivity contribution in [1.82, 2.24) is 20.3 Å². The molecule has 1 atom stereocenters. The lowest BCUT2D eigenvalue weighted by Crippen LogP contribution is -2.53. The van der Waals surface area contributed by atoms with Gasteiger partial charge in [-0.1, -0.05) is 11.6 Å². The summed E-state index contributed by atoms with van der Waals surface area (Å²) in [5, 5.41) is 13.1. The molecule has 0 saturated carbocycles. The number of halogens is 1. The monoisotopic (exact) mass is 385 g/mol. The summed E-state index contributed by atoms with van der Waals surface area (Å²) in [6.45, 7) is -0.0447. The number of aliphatic hydroxyl groups excluding tert-OH is 1. The number of β-amino-alcohol motifs (C(OH)–C–C–N with tert-alkyl or cyclic N) is 1. The summed E-state index contributed by atoms with van der Waals surface area (Å²) in [5.41, 5.74) is 2.34. The summed E-state index contributed by atoms with van der Waals surface area (Å²) in [5.74, 6) is -0.692. The van der Waals surface area contributed by atoms with Crippen molar-refractivity contribution < 1.29 is 14.7 Å². The normalized spacial score (nSPS) is 16.4. The number of amides is 2. The first-order valence-corrected chi connectivity index (χ1v) is 8.76. The average Bonchev–Trinajstić information content (AvgIpc) is 3.08. The number of nitrogens with zero attached hydrogens (tertiary/aromatic N) is 3. The molecule has 0 fully saturated rings. The molecule has 0 bridgehead atoms. The van der Waals surface area contributed by atoms with Gasteiger partial charge in [-0.25, -0.2) is 4.98 Å². The zero-order valence-corrected chi connectivity index (χ0v) is 14.9. The number of pyridine rings is 2. The van der Waals surface area contributed by atoms with E-state index in [1.807, 2.05) is 0 Å². The largest absolute Gasteiger partial charge is 0.395 e. The minimum Gasteiger partial charge on any atom is -0.395 e. The molecule has 0 saturated heterocycles. The SMILES string of the molecule is O=C(NC1Cc2ncccc2N(CCO)C1=O)c1cc2cc(Cl)ncc2[nH]1. The maximum Gasteiger partial charge on any atom is 0.268 e. The third-order valence-corrected chi connectivity index (χ3v) is 4.67. The number of anilines is 1.